The van der Waals surface area contributed by atoms with Gasteiger partial charge in [-0.3, -0.25) is 13.7 Å². The number of hydrogen-bond donors (Lipinski definition) is 0. The van der Waals surface area contributed by atoms with E-state index >= 15 is 0 Å². The predicted molar refractivity (Wildman–Crippen MR) is 274 cm³/mol. The Kier molecular flexibility index (Phi) is 9.33. The fourth-order valence-corrected chi connectivity index (χ4v) is 8.98. The number of benzene rings is 7. The molecule has 5 nitrogen and oxygen atoms in total. The minimum atomic E-state index is -0.437. The maximum atomic E-state index is 9.21. The summed E-state index contributed by atoms with van der Waals surface area (Å²) in [5, 5.41) is 2.24. The molecule has 0 saturated carbocycles. The van der Waals surface area contributed by atoms with Gasteiger partial charge in [-0.15, -0.1) is 0 Å². The van der Waals surface area contributed by atoms with Gasteiger partial charge in [-0.2, -0.15) is 0 Å². The minimum Gasteiger partial charge on any atom is -0.458 e. The van der Waals surface area contributed by atoms with Crippen LogP contribution < -0.4 is 9.30 Å². The van der Waals surface area contributed by atoms with Crippen LogP contribution in [0.4, 0.5) is 0 Å². The second-order valence-corrected chi connectivity index (χ2v) is 19.9. The third-order valence-corrected chi connectivity index (χ3v) is 13.0. The van der Waals surface area contributed by atoms with Gasteiger partial charge in [0, 0.05) is 23.0 Å². The zero-order chi connectivity index (χ0) is 50.3. The quantitative estimate of drug-likeness (QED) is 0.107. The number of imidazole rings is 1. The van der Waals surface area contributed by atoms with Crippen LogP contribution in [0.25, 0.3) is 72.3 Å². The van der Waals surface area contributed by atoms with Crippen LogP contribution >= 0.6 is 0 Å². The molecule has 0 fully saturated rings. The summed E-state index contributed by atoms with van der Waals surface area (Å²) in [7, 11) is 0. The lowest BCUT2D eigenvalue weighted by molar-refractivity contribution is -0.571. The number of ether oxygens (including phenoxy) is 1. The summed E-state index contributed by atoms with van der Waals surface area (Å²) in [5.74, 6) is 3.01. The molecule has 66 heavy (non-hydrogen) atoms. The summed E-state index contributed by atoms with van der Waals surface area (Å²) >= 11 is 0. The molecule has 0 N–H and O–H groups in total. The Morgan fingerprint density at radius 2 is 1.26 bits per heavy atom. The van der Waals surface area contributed by atoms with Crippen LogP contribution in [-0.2, 0) is 10.8 Å². The number of nitrogens with zero attached hydrogens (tertiary/aromatic N) is 4. The summed E-state index contributed by atoms with van der Waals surface area (Å²) in [6, 6.07) is 45.7. The van der Waals surface area contributed by atoms with Gasteiger partial charge < -0.3 is 4.74 Å². The van der Waals surface area contributed by atoms with Gasteiger partial charge >= 0.3 is 0 Å². The number of para-hydroxylation sites is 4. The van der Waals surface area contributed by atoms with Crippen molar-refractivity contribution in [3.63, 3.8) is 0 Å². The van der Waals surface area contributed by atoms with E-state index in [-0.39, 0.29) is 28.5 Å². The highest BCUT2D eigenvalue weighted by Crippen LogP contribution is 2.40. The Balaban J connectivity index is 1.14. The maximum Gasteiger partial charge on any atom is 0.269 e. The van der Waals surface area contributed by atoms with Crippen molar-refractivity contribution in [2.45, 2.75) is 79.1 Å². The molecule has 0 aliphatic heterocycles. The molecule has 0 radical (unpaired) electrons. The smallest absolute Gasteiger partial charge is 0.269 e. The molecule has 10 aromatic rings. The van der Waals surface area contributed by atoms with Crippen LogP contribution in [-0.4, -0.2) is 14.1 Å². The van der Waals surface area contributed by atoms with E-state index in [9.17, 15) is 2.74 Å². The van der Waals surface area contributed by atoms with Crippen molar-refractivity contribution in [3.8, 4) is 50.9 Å². The molecule has 0 saturated heterocycles. The molecule has 0 aliphatic carbocycles. The molecular formula is C61H58N4O. The first-order valence-electron chi connectivity index (χ1n) is 25.4. The standard InChI is InChI=1S/C61H58N4O/c1-40(2)41(3)43-31-32-62-58(35-43)65-54-26-14-13-23-52(54)53-30-29-49(38-57(53)65)66-48-22-17-21-47(37-48)63-39-64(56-28-16-15-27-55(56)63)59-50(42-19-11-10-12-20-42)24-18-25-51(59)44-33-45(60(4,5)6)36-46(34-44)61(7,8)9/h10-38,40-41H,1-9H3/i10D,11D,12D,19D,20D. The van der Waals surface area contributed by atoms with E-state index < -0.39 is 18.1 Å². The lowest BCUT2D eigenvalue weighted by Gasteiger charge is -2.27. The first-order chi connectivity index (χ1) is 33.8. The van der Waals surface area contributed by atoms with Gasteiger partial charge in [0.15, 0.2) is 0 Å². The van der Waals surface area contributed by atoms with E-state index in [1.165, 1.54) is 5.56 Å². The summed E-state index contributed by atoms with van der Waals surface area (Å²) in [5.41, 5.74) is 10.7. The zero-order valence-corrected chi connectivity index (χ0v) is 39.2. The molecule has 5 heteroatoms. The van der Waals surface area contributed by atoms with Gasteiger partial charge in [0.2, 0.25) is 0 Å². The van der Waals surface area contributed by atoms with Gasteiger partial charge in [-0.25, -0.2) is 4.98 Å². The van der Waals surface area contributed by atoms with Crippen molar-refractivity contribution in [1.82, 2.24) is 14.1 Å². The Morgan fingerprint density at radius 1 is 0.606 bits per heavy atom. The Morgan fingerprint density at radius 3 is 1.98 bits per heavy atom. The van der Waals surface area contributed by atoms with Gasteiger partial charge in [-0.1, -0.05) is 177 Å². The molecule has 1 unspecified atom stereocenters. The summed E-state index contributed by atoms with van der Waals surface area (Å²) in [6.45, 7) is 20.0. The lowest BCUT2D eigenvalue weighted by atomic mass is 9.78. The highest BCUT2D eigenvalue weighted by Gasteiger charge is 2.25. The number of fused-ring (bicyclic) bond motifs is 4. The van der Waals surface area contributed by atoms with Crippen molar-refractivity contribution >= 4 is 32.8 Å². The molecule has 0 spiro atoms. The Hall–Kier alpha value is -7.24. The normalized spacial score (nSPS) is 13.8. The summed E-state index contributed by atoms with van der Waals surface area (Å²) < 4.78 is 57.3. The van der Waals surface area contributed by atoms with Crippen molar-refractivity contribution in [1.29, 1.82) is 0 Å². The van der Waals surface area contributed by atoms with Crippen molar-refractivity contribution in [2.75, 3.05) is 0 Å². The monoisotopic (exact) mass is 867 g/mol. The fraction of sp³-hybridized carbons (Fsp3) is 0.213. The summed E-state index contributed by atoms with van der Waals surface area (Å²) in [6.07, 6.45) is 5.61. The van der Waals surface area contributed by atoms with Gasteiger partial charge in [0.05, 0.1) is 40.3 Å². The number of pyridine rings is 1. The molecule has 0 bridgehead atoms. The largest absolute Gasteiger partial charge is 0.458 e. The van der Waals surface area contributed by atoms with Crippen molar-refractivity contribution < 1.29 is 16.2 Å². The molecular weight excluding hydrogens is 805 g/mol. The van der Waals surface area contributed by atoms with Gasteiger partial charge in [-0.05, 0) is 110 Å². The number of hydrogen-bond acceptors (Lipinski definition) is 2. The average Bonchev–Trinajstić information content (AvgIpc) is 3.90. The van der Waals surface area contributed by atoms with Crippen molar-refractivity contribution in [2.24, 2.45) is 5.92 Å². The van der Waals surface area contributed by atoms with E-state index in [0.717, 1.165) is 66.6 Å². The van der Waals surface area contributed by atoms with Crippen LogP contribution in [0.1, 0.15) is 91.8 Å². The van der Waals surface area contributed by atoms with Crippen LogP contribution in [0, 0.1) is 12.2 Å². The van der Waals surface area contributed by atoms with Crippen LogP contribution in [0.3, 0.4) is 0 Å². The highest BCUT2D eigenvalue weighted by atomic mass is 16.5. The topological polar surface area (TPSA) is 35.9 Å². The third-order valence-electron chi connectivity index (χ3n) is 13.0. The van der Waals surface area contributed by atoms with Crippen LogP contribution in [0.5, 0.6) is 11.5 Å². The Bertz CT molecular complexity index is 3660. The summed E-state index contributed by atoms with van der Waals surface area (Å²) in [4.78, 5) is 4.89. The second-order valence-electron chi connectivity index (χ2n) is 19.9. The first-order valence-corrected chi connectivity index (χ1v) is 22.9. The molecule has 1 atom stereocenters. The Labute approximate surface area is 396 Å². The fourth-order valence-electron chi connectivity index (χ4n) is 8.98. The number of aromatic nitrogens is 4. The number of rotatable bonds is 9. The molecule has 3 aromatic heterocycles. The maximum absolute atomic E-state index is 9.21. The molecule has 0 amide bonds. The highest BCUT2D eigenvalue weighted by molar-refractivity contribution is 6.09. The van der Waals surface area contributed by atoms with Gasteiger partial charge in [0.25, 0.3) is 6.33 Å². The molecule has 328 valence electrons. The van der Waals surface area contributed by atoms with E-state index in [1.54, 1.807) is 0 Å². The van der Waals surface area contributed by atoms with Gasteiger partial charge in [0.1, 0.15) is 17.3 Å². The molecule has 10 rings (SSSR count). The minimum absolute atomic E-state index is 0.119. The third kappa shape index (κ3) is 7.87. The first kappa shape index (κ1) is 37.0. The zero-order valence-electron chi connectivity index (χ0n) is 44.2. The van der Waals surface area contributed by atoms with Crippen LogP contribution in [0.15, 0.2) is 176 Å². The average molecular weight is 868 g/mol. The van der Waals surface area contributed by atoms with E-state index in [2.05, 4.69) is 146 Å². The lowest BCUT2D eigenvalue weighted by Crippen LogP contribution is -2.31. The van der Waals surface area contributed by atoms with E-state index in [0.29, 0.717) is 34.6 Å². The molecule has 7 aromatic carbocycles. The SMILES string of the molecule is [2H]c1c([2H])c([2H])c(-c2cccc(-c3cc(C(C)(C)C)cc(C(C)(C)C)c3)c2-[n+]2[c-]n(-c3cccc(Oc4ccc5c6ccccc6n(-c6cc(C(C)C(C)C)ccn6)c5c4)c3)c3ccccc32)c([2H])c1[2H]. The predicted octanol–water partition coefficient (Wildman–Crippen LogP) is 15.7. The second kappa shape index (κ2) is 16.6. The van der Waals surface area contributed by atoms with E-state index in [1.807, 2.05) is 82.1 Å². The molecule has 0 aliphatic rings. The van der Waals surface area contributed by atoms with Crippen LogP contribution in [0.2, 0.25) is 0 Å². The van der Waals surface area contributed by atoms with E-state index in [4.69, 9.17) is 13.8 Å². The molecule has 3 heterocycles. The van der Waals surface area contributed by atoms with Crippen molar-refractivity contribution in [3.05, 3.63) is 199 Å².